The summed E-state index contributed by atoms with van der Waals surface area (Å²) in [6.07, 6.45) is 2.56. The molecule has 1 heterocycles. The fourth-order valence-corrected chi connectivity index (χ4v) is 1.35. The quantitative estimate of drug-likeness (QED) is 0.892. The number of nitrogens with zero attached hydrogens (tertiary/aromatic N) is 2. The van der Waals surface area contributed by atoms with Crippen LogP contribution in [0.15, 0.2) is 36.7 Å². The van der Waals surface area contributed by atoms with Crippen LogP contribution < -0.4 is 5.32 Å². The van der Waals surface area contributed by atoms with E-state index in [-0.39, 0.29) is 16.5 Å². The zero-order valence-electron chi connectivity index (χ0n) is 8.52. The van der Waals surface area contributed by atoms with Crippen LogP contribution in [-0.2, 0) is 0 Å². The van der Waals surface area contributed by atoms with Crippen LogP contribution in [0.1, 0.15) is 10.5 Å². The van der Waals surface area contributed by atoms with E-state index in [0.717, 1.165) is 0 Å². The second-order valence-electron chi connectivity index (χ2n) is 3.16. The van der Waals surface area contributed by atoms with Crippen molar-refractivity contribution in [1.82, 2.24) is 9.97 Å². The minimum Gasteiger partial charge on any atom is -0.318 e. The Morgan fingerprint density at radius 3 is 2.76 bits per heavy atom. The molecule has 0 fully saturated rings. The third-order valence-electron chi connectivity index (χ3n) is 1.96. The van der Waals surface area contributed by atoms with E-state index < -0.39 is 11.7 Å². The smallest absolute Gasteiger partial charge is 0.276 e. The molecule has 0 aliphatic heterocycles. The molecule has 86 valence electrons. The van der Waals surface area contributed by atoms with Gasteiger partial charge in [0.2, 0.25) is 0 Å². The van der Waals surface area contributed by atoms with Crippen molar-refractivity contribution in [3.8, 4) is 0 Å². The Labute approximate surface area is 101 Å². The minimum absolute atomic E-state index is 0.0285. The number of aromatic nitrogens is 2. The van der Waals surface area contributed by atoms with Gasteiger partial charge >= 0.3 is 0 Å². The van der Waals surface area contributed by atoms with Gasteiger partial charge in [-0.25, -0.2) is 9.37 Å². The summed E-state index contributed by atoms with van der Waals surface area (Å²) >= 11 is 5.60. The van der Waals surface area contributed by atoms with Gasteiger partial charge in [0.1, 0.15) is 16.7 Å². The zero-order valence-corrected chi connectivity index (χ0v) is 9.28. The van der Waals surface area contributed by atoms with E-state index in [1.807, 2.05) is 0 Å². The lowest BCUT2D eigenvalue weighted by Gasteiger charge is -2.05. The van der Waals surface area contributed by atoms with Crippen molar-refractivity contribution < 1.29 is 9.18 Å². The molecule has 0 radical (unpaired) electrons. The van der Waals surface area contributed by atoms with Crippen molar-refractivity contribution in [2.45, 2.75) is 0 Å². The third-order valence-corrected chi connectivity index (χ3v) is 2.14. The summed E-state index contributed by atoms with van der Waals surface area (Å²) in [5.74, 6) is -1.08. The van der Waals surface area contributed by atoms with Crippen LogP contribution in [0.2, 0.25) is 5.15 Å². The van der Waals surface area contributed by atoms with Gasteiger partial charge in [0, 0.05) is 0 Å². The molecule has 0 saturated heterocycles. The number of anilines is 1. The van der Waals surface area contributed by atoms with E-state index >= 15 is 0 Å². The third kappa shape index (κ3) is 2.76. The number of hydrogen-bond donors (Lipinski definition) is 1. The molecule has 0 saturated carbocycles. The predicted octanol–water partition coefficient (Wildman–Crippen LogP) is 2.52. The topological polar surface area (TPSA) is 54.9 Å². The molecule has 1 aromatic heterocycles. The van der Waals surface area contributed by atoms with Gasteiger partial charge in [0.05, 0.1) is 18.1 Å². The standard InChI is InChI=1S/C11H7ClFN3O/c12-10-6-14-5-9(15-10)11(17)16-8-4-2-1-3-7(8)13/h1-6H,(H,16,17). The number of rotatable bonds is 2. The Bertz CT molecular complexity index is 562. The van der Waals surface area contributed by atoms with Crippen LogP contribution in [0.25, 0.3) is 0 Å². The van der Waals surface area contributed by atoms with E-state index in [4.69, 9.17) is 11.6 Å². The number of para-hydroxylation sites is 1. The monoisotopic (exact) mass is 251 g/mol. The molecule has 0 unspecified atom stereocenters. The zero-order chi connectivity index (χ0) is 12.3. The first kappa shape index (κ1) is 11.5. The Balaban J connectivity index is 2.20. The predicted molar refractivity (Wildman–Crippen MR) is 61.4 cm³/mol. The van der Waals surface area contributed by atoms with Gasteiger partial charge in [-0.2, -0.15) is 0 Å². The van der Waals surface area contributed by atoms with Crippen LogP contribution in [0.3, 0.4) is 0 Å². The lowest BCUT2D eigenvalue weighted by Crippen LogP contribution is -2.14. The van der Waals surface area contributed by atoms with Gasteiger partial charge in [-0.15, -0.1) is 0 Å². The summed E-state index contributed by atoms with van der Waals surface area (Å²) in [6.45, 7) is 0. The van der Waals surface area contributed by atoms with Crippen molar-refractivity contribution in [2.75, 3.05) is 5.32 Å². The van der Waals surface area contributed by atoms with Gasteiger partial charge < -0.3 is 5.32 Å². The highest BCUT2D eigenvalue weighted by Gasteiger charge is 2.10. The van der Waals surface area contributed by atoms with Gasteiger partial charge in [0.15, 0.2) is 0 Å². The van der Waals surface area contributed by atoms with Gasteiger partial charge in [-0.3, -0.25) is 9.78 Å². The summed E-state index contributed by atoms with van der Waals surface area (Å²) in [5.41, 5.74) is 0.111. The number of benzene rings is 1. The fraction of sp³-hybridized carbons (Fsp3) is 0. The maximum absolute atomic E-state index is 13.3. The first-order valence-electron chi connectivity index (χ1n) is 4.70. The highest BCUT2D eigenvalue weighted by Crippen LogP contribution is 2.13. The molecule has 2 aromatic rings. The maximum Gasteiger partial charge on any atom is 0.276 e. The minimum atomic E-state index is -0.565. The highest BCUT2D eigenvalue weighted by molar-refractivity contribution is 6.29. The molecule has 0 spiro atoms. The summed E-state index contributed by atoms with van der Waals surface area (Å²) < 4.78 is 13.3. The molecule has 2 rings (SSSR count). The maximum atomic E-state index is 13.3. The molecule has 4 nitrogen and oxygen atoms in total. The van der Waals surface area contributed by atoms with Crippen molar-refractivity contribution >= 4 is 23.2 Å². The molecule has 1 amide bonds. The lowest BCUT2D eigenvalue weighted by atomic mass is 10.3. The molecule has 1 aromatic carbocycles. The highest BCUT2D eigenvalue weighted by atomic mass is 35.5. The number of amides is 1. The van der Waals surface area contributed by atoms with Crippen LogP contribution in [0.4, 0.5) is 10.1 Å². The van der Waals surface area contributed by atoms with Gasteiger partial charge in [0.25, 0.3) is 5.91 Å². The van der Waals surface area contributed by atoms with E-state index in [2.05, 4.69) is 15.3 Å². The summed E-state index contributed by atoms with van der Waals surface area (Å²) in [5, 5.41) is 2.48. The van der Waals surface area contributed by atoms with Gasteiger partial charge in [-0.05, 0) is 12.1 Å². The van der Waals surface area contributed by atoms with E-state index in [0.29, 0.717) is 0 Å². The first-order valence-corrected chi connectivity index (χ1v) is 5.08. The number of halogens is 2. The van der Waals surface area contributed by atoms with Crippen molar-refractivity contribution in [2.24, 2.45) is 0 Å². The van der Waals surface area contributed by atoms with Crippen LogP contribution in [0, 0.1) is 5.82 Å². The molecule has 0 bridgehead atoms. The Morgan fingerprint density at radius 1 is 1.29 bits per heavy atom. The second kappa shape index (κ2) is 4.88. The Kier molecular flexibility index (Phi) is 3.30. The summed E-state index contributed by atoms with van der Waals surface area (Å²) in [4.78, 5) is 19.2. The SMILES string of the molecule is O=C(Nc1ccccc1F)c1cncc(Cl)n1. The van der Waals surface area contributed by atoms with Crippen molar-refractivity contribution in [3.63, 3.8) is 0 Å². The van der Waals surface area contributed by atoms with Gasteiger partial charge in [-0.1, -0.05) is 23.7 Å². The van der Waals surface area contributed by atoms with Crippen molar-refractivity contribution in [3.05, 3.63) is 53.3 Å². The fourth-order valence-electron chi connectivity index (χ4n) is 1.20. The molecule has 1 N–H and O–H groups in total. The largest absolute Gasteiger partial charge is 0.318 e. The normalized spacial score (nSPS) is 10.0. The number of carbonyl (C=O) groups is 1. The molecular formula is C11H7ClFN3O. The van der Waals surface area contributed by atoms with E-state index in [9.17, 15) is 9.18 Å². The molecular weight excluding hydrogens is 245 g/mol. The lowest BCUT2D eigenvalue weighted by molar-refractivity contribution is 0.102. The molecule has 17 heavy (non-hydrogen) atoms. The van der Waals surface area contributed by atoms with E-state index in [1.54, 1.807) is 6.07 Å². The Hall–Kier alpha value is -2.01. The average Bonchev–Trinajstić information content (AvgIpc) is 2.32. The van der Waals surface area contributed by atoms with Crippen LogP contribution in [-0.4, -0.2) is 15.9 Å². The van der Waals surface area contributed by atoms with Crippen LogP contribution >= 0.6 is 11.6 Å². The summed E-state index contributed by atoms with van der Waals surface area (Å²) in [7, 11) is 0. The summed E-state index contributed by atoms with van der Waals surface area (Å²) in [6, 6.07) is 5.84. The average molecular weight is 252 g/mol. The molecule has 0 atom stereocenters. The number of hydrogen-bond acceptors (Lipinski definition) is 3. The molecule has 0 aliphatic rings. The molecule has 6 heteroatoms. The first-order chi connectivity index (χ1) is 8.16. The van der Waals surface area contributed by atoms with E-state index in [1.165, 1.54) is 30.6 Å². The molecule has 0 aliphatic carbocycles. The Morgan fingerprint density at radius 2 is 2.06 bits per heavy atom. The second-order valence-corrected chi connectivity index (χ2v) is 3.55. The van der Waals surface area contributed by atoms with Crippen molar-refractivity contribution in [1.29, 1.82) is 0 Å². The number of nitrogens with one attached hydrogen (secondary N) is 1. The van der Waals surface area contributed by atoms with Crippen LogP contribution in [0.5, 0.6) is 0 Å². The number of carbonyl (C=O) groups excluding carboxylic acids is 1.